The maximum absolute atomic E-state index is 12.4. The molecule has 0 aromatic heterocycles. The lowest BCUT2D eigenvalue weighted by Gasteiger charge is -2.20. The van der Waals surface area contributed by atoms with E-state index >= 15 is 0 Å². The Hall–Kier alpha value is -2.82. The summed E-state index contributed by atoms with van der Waals surface area (Å²) in [5.41, 5.74) is 1.59. The van der Waals surface area contributed by atoms with E-state index in [9.17, 15) is 9.59 Å². The van der Waals surface area contributed by atoms with Crippen molar-refractivity contribution >= 4 is 12.0 Å². The Labute approximate surface area is 142 Å². The van der Waals surface area contributed by atoms with E-state index < -0.39 is 12.1 Å². The van der Waals surface area contributed by atoms with Crippen LogP contribution in [0, 0.1) is 0 Å². The van der Waals surface area contributed by atoms with Crippen molar-refractivity contribution in [3.8, 4) is 0 Å². The molecular formula is C19H22N2O3. The average Bonchev–Trinajstić information content (AvgIpc) is 2.59. The molecule has 2 rings (SSSR count). The Kier molecular flexibility index (Phi) is 6.37. The first-order valence-corrected chi connectivity index (χ1v) is 7.89. The summed E-state index contributed by atoms with van der Waals surface area (Å²) in [5.74, 6) is -0.270. The fraction of sp³-hybridized carbons (Fsp3) is 0.263. The molecule has 24 heavy (non-hydrogen) atoms. The fourth-order valence-corrected chi connectivity index (χ4v) is 2.20. The van der Waals surface area contributed by atoms with Crippen molar-refractivity contribution in [1.82, 2.24) is 10.6 Å². The number of nitrogens with one attached hydrogen (secondary N) is 2. The highest BCUT2D eigenvalue weighted by atomic mass is 16.5. The lowest BCUT2D eigenvalue weighted by atomic mass is 10.1. The number of ether oxygens (including phenoxy) is 1. The van der Waals surface area contributed by atoms with E-state index in [1.54, 1.807) is 12.1 Å². The van der Waals surface area contributed by atoms with Crippen molar-refractivity contribution in [2.24, 2.45) is 0 Å². The fourth-order valence-electron chi connectivity index (χ4n) is 2.20. The third-order valence-corrected chi connectivity index (χ3v) is 3.30. The minimum Gasteiger partial charge on any atom is -0.445 e. The molecule has 1 atom stereocenters. The lowest BCUT2D eigenvalue weighted by molar-refractivity contribution is -0.123. The molecule has 0 heterocycles. The van der Waals surface area contributed by atoms with E-state index in [2.05, 4.69) is 10.6 Å². The second kappa shape index (κ2) is 8.72. The lowest BCUT2D eigenvalue weighted by Crippen LogP contribution is -2.42. The van der Waals surface area contributed by atoms with Crippen LogP contribution in [0.5, 0.6) is 0 Å². The van der Waals surface area contributed by atoms with Gasteiger partial charge in [-0.05, 0) is 25.0 Å². The third-order valence-electron chi connectivity index (χ3n) is 3.30. The van der Waals surface area contributed by atoms with Crippen LogP contribution in [0.25, 0.3) is 0 Å². The maximum atomic E-state index is 12.4. The number of amides is 2. The van der Waals surface area contributed by atoms with Gasteiger partial charge in [-0.2, -0.15) is 0 Å². The normalized spacial score (nSPS) is 11.6. The molecule has 0 spiro atoms. The van der Waals surface area contributed by atoms with Gasteiger partial charge in [0.2, 0.25) is 5.91 Å². The number of benzene rings is 2. The van der Waals surface area contributed by atoms with Crippen LogP contribution in [0.15, 0.2) is 60.7 Å². The minimum absolute atomic E-state index is 0.0224. The molecule has 0 fully saturated rings. The monoisotopic (exact) mass is 326 g/mol. The summed E-state index contributed by atoms with van der Waals surface area (Å²) in [7, 11) is 0. The second-order valence-corrected chi connectivity index (χ2v) is 5.71. The van der Waals surface area contributed by atoms with E-state index in [-0.39, 0.29) is 18.6 Å². The second-order valence-electron chi connectivity index (χ2n) is 5.71. The molecule has 2 aromatic carbocycles. The van der Waals surface area contributed by atoms with Gasteiger partial charge >= 0.3 is 6.09 Å². The van der Waals surface area contributed by atoms with Crippen molar-refractivity contribution in [2.45, 2.75) is 32.5 Å². The predicted molar refractivity (Wildman–Crippen MR) is 92.2 cm³/mol. The zero-order valence-corrected chi connectivity index (χ0v) is 13.9. The van der Waals surface area contributed by atoms with Gasteiger partial charge in [-0.15, -0.1) is 0 Å². The van der Waals surface area contributed by atoms with Crippen LogP contribution in [-0.2, 0) is 16.1 Å². The molecule has 0 radical (unpaired) electrons. The number of carbonyl (C=O) groups excluding carboxylic acids is 2. The third kappa shape index (κ3) is 5.43. The first-order valence-electron chi connectivity index (χ1n) is 7.89. The summed E-state index contributed by atoms with van der Waals surface area (Å²) < 4.78 is 5.21. The van der Waals surface area contributed by atoms with E-state index in [1.165, 1.54) is 0 Å². The number of alkyl carbamates (subject to hydrolysis) is 1. The molecule has 2 amide bonds. The molecule has 0 bridgehead atoms. The summed E-state index contributed by atoms with van der Waals surface area (Å²) in [6.07, 6.45) is -0.633. The van der Waals surface area contributed by atoms with Crippen LogP contribution in [0.1, 0.15) is 31.0 Å². The summed E-state index contributed by atoms with van der Waals surface area (Å²) in [4.78, 5) is 24.5. The number of hydrogen-bond acceptors (Lipinski definition) is 3. The molecule has 0 saturated carbocycles. The molecule has 0 unspecified atom stereocenters. The summed E-state index contributed by atoms with van der Waals surface area (Å²) in [6.45, 7) is 3.89. The van der Waals surface area contributed by atoms with Crippen LogP contribution >= 0.6 is 0 Å². The van der Waals surface area contributed by atoms with E-state index in [1.807, 2.05) is 62.4 Å². The Morgan fingerprint density at radius 2 is 1.50 bits per heavy atom. The first kappa shape index (κ1) is 17.5. The summed E-state index contributed by atoms with van der Waals surface area (Å²) in [5, 5.41) is 5.45. The highest BCUT2D eigenvalue weighted by Gasteiger charge is 2.23. The first-order chi connectivity index (χ1) is 11.6. The molecule has 0 aliphatic carbocycles. The number of hydrogen-bond donors (Lipinski definition) is 2. The van der Waals surface area contributed by atoms with Crippen molar-refractivity contribution in [3.05, 3.63) is 71.8 Å². The topological polar surface area (TPSA) is 67.4 Å². The number of carbonyl (C=O) groups is 2. The molecule has 0 aliphatic heterocycles. The van der Waals surface area contributed by atoms with Gasteiger partial charge in [-0.25, -0.2) is 4.79 Å². The van der Waals surface area contributed by atoms with Gasteiger partial charge in [-0.1, -0.05) is 60.7 Å². The van der Waals surface area contributed by atoms with E-state index in [4.69, 9.17) is 4.74 Å². The van der Waals surface area contributed by atoms with Crippen molar-refractivity contribution in [3.63, 3.8) is 0 Å². The SMILES string of the molecule is CC(C)NC(=O)[C@H](NC(=O)OCc1ccccc1)c1ccccc1. The quantitative estimate of drug-likeness (QED) is 0.857. The molecular weight excluding hydrogens is 304 g/mol. The molecule has 5 nitrogen and oxygen atoms in total. The molecule has 126 valence electrons. The molecule has 0 aliphatic rings. The smallest absolute Gasteiger partial charge is 0.408 e. The van der Waals surface area contributed by atoms with Crippen molar-refractivity contribution in [2.75, 3.05) is 0 Å². The van der Waals surface area contributed by atoms with Crippen LogP contribution in [0.4, 0.5) is 4.79 Å². The van der Waals surface area contributed by atoms with Crippen LogP contribution in [0.2, 0.25) is 0 Å². The zero-order valence-electron chi connectivity index (χ0n) is 13.9. The van der Waals surface area contributed by atoms with E-state index in [0.717, 1.165) is 5.56 Å². The molecule has 5 heteroatoms. The van der Waals surface area contributed by atoms with Gasteiger partial charge in [0.05, 0.1) is 0 Å². The highest BCUT2D eigenvalue weighted by molar-refractivity contribution is 5.87. The van der Waals surface area contributed by atoms with Gasteiger partial charge in [0, 0.05) is 6.04 Å². The van der Waals surface area contributed by atoms with Gasteiger partial charge in [-0.3, -0.25) is 4.79 Å². The Balaban J connectivity index is 2.02. The van der Waals surface area contributed by atoms with Crippen molar-refractivity contribution < 1.29 is 14.3 Å². The largest absolute Gasteiger partial charge is 0.445 e. The highest BCUT2D eigenvalue weighted by Crippen LogP contribution is 2.13. The average molecular weight is 326 g/mol. The van der Waals surface area contributed by atoms with Crippen molar-refractivity contribution in [1.29, 1.82) is 0 Å². The number of rotatable bonds is 6. The van der Waals surface area contributed by atoms with Crippen LogP contribution < -0.4 is 10.6 Å². The Bertz CT molecular complexity index is 657. The maximum Gasteiger partial charge on any atom is 0.408 e. The van der Waals surface area contributed by atoms with Crippen LogP contribution in [0.3, 0.4) is 0 Å². The van der Waals surface area contributed by atoms with Gasteiger partial charge < -0.3 is 15.4 Å². The Morgan fingerprint density at radius 1 is 0.917 bits per heavy atom. The van der Waals surface area contributed by atoms with Gasteiger partial charge in [0.15, 0.2) is 0 Å². The van der Waals surface area contributed by atoms with Gasteiger partial charge in [0.25, 0.3) is 0 Å². The Morgan fingerprint density at radius 3 is 2.08 bits per heavy atom. The zero-order chi connectivity index (χ0) is 17.4. The molecule has 2 aromatic rings. The summed E-state index contributed by atoms with van der Waals surface area (Å²) in [6, 6.07) is 17.6. The molecule has 2 N–H and O–H groups in total. The minimum atomic E-state index is -0.795. The van der Waals surface area contributed by atoms with Crippen LogP contribution in [-0.4, -0.2) is 18.0 Å². The summed E-state index contributed by atoms with van der Waals surface area (Å²) >= 11 is 0. The van der Waals surface area contributed by atoms with E-state index in [0.29, 0.717) is 5.56 Å². The molecule has 0 saturated heterocycles. The van der Waals surface area contributed by atoms with Gasteiger partial charge in [0.1, 0.15) is 12.6 Å². The predicted octanol–water partition coefficient (Wildman–Crippen LogP) is 3.18. The standard InChI is InChI=1S/C19H22N2O3/c1-14(2)20-18(22)17(16-11-7-4-8-12-16)21-19(23)24-13-15-9-5-3-6-10-15/h3-12,14,17H,13H2,1-2H3,(H,20,22)(H,21,23)/t17-/m1/s1.